The van der Waals surface area contributed by atoms with E-state index in [1.54, 1.807) is 13.0 Å². The van der Waals surface area contributed by atoms with Crippen molar-refractivity contribution in [3.8, 4) is 16.9 Å². The van der Waals surface area contributed by atoms with Crippen LogP contribution in [0.2, 0.25) is 0 Å². The number of rotatable bonds is 2. The lowest BCUT2D eigenvalue weighted by Crippen LogP contribution is -2.17. The maximum absolute atomic E-state index is 11.7. The molecule has 0 aliphatic carbocycles. The fourth-order valence-corrected chi connectivity index (χ4v) is 2.67. The minimum atomic E-state index is -4.60. The van der Waals surface area contributed by atoms with Crippen LogP contribution in [0.3, 0.4) is 0 Å². The van der Waals surface area contributed by atoms with Crippen LogP contribution in [0.5, 0.6) is 5.75 Å². The van der Waals surface area contributed by atoms with E-state index in [-0.39, 0.29) is 5.75 Å². The van der Waals surface area contributed by atoms with Gasteiger partial charge in [-0.05, 0) is 47.9 Å². The first-order chi connectivity index (χ1) is 15.3. The average molecular weight is 446 g/mol. The molecule has 0 spiro atoms. The molecular formula is C26H30F3NO2. The summed E-state index contributed by atoms with van der Waals surface area (Å²) in [6.45, 7) is 11.6. The molecule has 6 heteroatoms. The maximum atomic E-state index is 11.7. The normalized spacial score (nSPS) is 10.0. The third kappa shape index (κ3) is 8.84. The van der Waals surface area contributed by atoms with E-state index >= 15 is 0 Å². The average Bonchev–Trinajstić information content (AvgIpc) is 3.16. The van der Waals surface area contributed by atoms with Crippen molar-refractivity contribution < 1.29 is 22.3 Å². The molecule has 4 rings (SSSR count). The molecule has 0 amide bonds. The molecule has 3 aromatic carbocycles. The Labute approximate surface area is 187 Å². The van der Waals surface area contributed by atoms with Crippen molar-refractivity contribution in [2.45, 2.75) is 47.9 Å². The number of nitrogens with zero attached hydrogens (tertiary/aromatic N) is 1. The smallest absolute Gasteiger partial charge is 0.441 e. The number of benzene rings is 3. The quantitative estimate of drug-likeness (QED) is 0.309. The Bertz CT molecular complexity index is 1060. The van der Waals surface area contributed by atoms with Gasteiger partial charge in [-0.25, -0.2) is 4.98 Å². The predicted octanol–water partition coefficient (Wildman–Crippen LogP) is 8.75. The van der Waals surface area contributed by atoms with Crippen molar-refractivity contribution >= 4 is 11.1 Å². The molecule has 0 unspecified atom stereocenters. The molecule has 0 saturated carbocycles. The van der Waals surface area contributed by atoms with E-state index in [1.165, 1.54) is 29.3 Å². The van der Waals surface area contributed by atoms with Crippen molar-refractivity contribution in [1.82, 2.24) is 4.98 Å². The van der Waals surface area contributed by atoms with E-state index in [4.69, 9.17) is 4.42 Å². The van der Waals surface area contributed by atoms with Gasteiger partial charge in [0.2, 0.25) is 0 Å². The predicted molar refractivity (Wildman–Crippen MR) is 125 cm³/mol. The van der Waals surface area contributed by atoms with Crippen LogP contribution in [0.4, 0.5) is 13.2 Å². The second-order valence-electron chi connectivity index (χ2n) is 6.15. The highest BCUT2D eigenvalue weighted by Gasteiger charge is 2.30. The summed E-state index contributed by atoms with van der Waals surface area (Å²) in [4.78, 5) is 4.33. The Hall–Kier alpha value is -3.28. The van der Waals surface area contributed by atoms with Crippen LogP contribution in [-0.4, -0.2) is 11.3 Å². The Kier molecular flexibility index (Phi) is 11.0. The number of ether oxygens (including phenoxy) is 1. The SMILES string of the molecule is CC.CC.Cc1cccc(OC(F)(F)F)c1.Cc1nc2cc(-c3ccccc3)ccc2o1. The van der Waals surface area contributed by atoms with Gasteiger partial charge in [-0.3, -0.25) is 0 Å². The van der Waals surface area contributed by atoms with Gasteiger partial charge in [0.05, 0.1) is 0 Å². The fraction of sp³-hybridized carbons (Fsp3) is 0.269. The van der Waals surface area contributed by atoms with Gasteiger partial charge < -0.3 is 9.15 Å². The first-order valence-corrected chi connectivity index (χ1v) is 10.6. The summed E-state index contributed by atoms with van der Waals surface area (Å²) in [5.74, 6) is 0.530. The molecule has 0 aliphatic rings. The van der Waals surface area contributed by atoms with Crippen molar-refractivity contribution in [2.75, 3.05) is 0 Å². The molecule has 0 saturated heterocycles. The number of aryl methyl sites for hydroxylation is 2. The molecule has 172 valence electrons. The maximum Gasteiger partial charge on any atom is 0.573 e. The molecular weight excluding hydrogens is 415 g/mol. The number of hydrogen-bond donors (Lipinski definition) is 0. The summed E-state index contributed by atoms with van der Waals surface area (Å²) >= 11 is 0. The Morgan fingerprint density at radius 1 is 0.750 bits per heavy atom. The molecule has 4 aromatic rings. The molecule has 1 aromatic heterocycles. The number of alkyl halides is 3. The first kappa shape index (κ1) is 26.8. The number of hydrogen-bond acceptors (Lipinski definition) is 3. The molecule has 0 N–H and O–H groups in total. The standard InChI is InChI=1S/C14H11NO.C8H7F3O.2C2H6/c1-10-15-13-9-12(7-8-14(13)16-10)11-5-3-2-4-6-11;1-6-3-2-4-7(5-6)12-8(9,10)11;2*1-2/h2-9H,1H3;2-5H,1H3;2*1-2H3. The molecule has 3 nitrogen and oxygen atoms in total. The molecule has 0 atom stereocenters. The third-order valence-corrected chi connectivity index (χ3v) is 3.82. The highest BCUT2D eigenvalue weighted by molar-refractivity contribution is 5.80. The lowest BCUT2D eigenvalue weighted by molar-refractivity contribution is -0.274. The van der Waals surface area contributed by atoms with Gasteiger partial charge in [0.1, 0.15) is 11.3 Å². The zero-order chi connectivity index (χ0) is 24.1. The number of oxazole rings is 1. The van der Waals surface area contributed by atoms with Crippen LogP contribution in [0, 0.1) is 13.8 Å². The van der Waals surface area contributed by atoms with Gasteiger partial charge >= 0.3 is 6.36 Å². The Morgan fingerprint density at radius 3 is 2.00 bits per heavy atom. The molecule has 0 bridgehead atoms. The topological polar surface area (TPSA) is 35.3 Å². The van der Waals surface area contributed by atoms with E-state index < -0.39 is 6.36 Å². The van der Waals surface area contributed by atoms with E-state index in [0.29, 0.717) is 5.89 Å². The largest absolute Gasteiger partial charge is 0.573 e. The van der Waals surface area contributed by atoms with Crippen LogP contribution in [0.15, 0.2) is 77.2 Å². The first-order valence-electron chi connectivity index (χ1n) is 10.6. The minimum Gasteiger partial charge on any atom is -0.441 e. The lowest BCUT2D eigenvalue weighted by Gasteiger charge is -2.08. The van der Waals surface area contributed by atoms with Crippen LogP contribution in [0.25, 0.3) is 22.2 Å². The second kappa shape index (κ2) is 13.2. The van der Waals surface area contributed by atoms with Gasteiger partial charge in [-0.1, -0.05) is 76.2 Å². The lowest BCUT2D eigenvalue weighted by atomic mass is 10.1. The van der Waals surface area contributed by atoms with E-state index in [2.05, 4.69) is 34.0 Å². The van der Waals surface area contributed by atoms with Gasteiger partial charge in [0, 0.05) is 6.92 Å². The van der Waals surface area contributed by atoms with Crippen molar-refractivity contribution in [3.05, 3.63) is 84.3 Å². The molecule has 0 fully saturated rings. The summed E-state index contributed by atoms with van der Waals surface area (Å²) in [7, 11) is 0. The van der Waals surface area contributed by atoms with Crippen LogP contribution < -0.4 is 4.74 Å². The van der Waals surface area contributed by atoms with Crippen LogP contribution in [0.1, 0.15) is 39.1 Å². The van der Waals surface area contributed by atoms with Crippen LogP contribution >= 0.6 is 0 Å². The minimum absolute atomic E-state index is 0.178. The summed E-state index contributed by atoms with van der Waals surface area (Å²) in [6, 6.07) is 22.2. The number of aromatic nitrogens is 1. The Morgan fingerprint density at radius 2 is 1.41 bits per heavy atom. The second-order valence-corrected chi connectivity index (χ2v) is 6.15. The number of halogens is 3. The van der Waals surface area contributed by atoms with E-state index in [0.717, 1.165) is 16.7 Å². The van der Waals surface area contributed by atoms with Crippen molar-refractivity contribution in [3.63, 3.8) is 0 Å². The summed E-state index contributed by atoms with van der Waals surface area (Å²) < 4.78 is 44.1. The molecule has 0 radical (unpaired) electrons. The van der Waals surface area contributed by atoms with Gasteiger partial charge in [0.25, 0.3) is 0 Å². The van der Waals surface area contributed by atoms with E-state index in [9.17, 15) is 13.2 Å². The third-order valence-electron chi connectivity index (χ3n) is 3.82. The van der Waals surface area contributed by atoms with Crippen molar-refractivity contribution in [1.29, 1.82) is 0 Å². The van der Waals surface area contributed by atoms with E-state index in [1.807, 2.05) is 58.9 Å². The van der Waals surface area contributed by atoms with Crippen LogP contribution in [-0.2, 0) is 0 Å². The zero-order valence-electron chi connectivity index (χ0n) is 19.3. The number of fused-ring (bicyclic) bond motifs is 1. The molecule has 1 heterocycles. The monoisotopic (exact) mass is 445 g/mol. The zero-order valence-corrected chi connectivity index (χ0v) is 19.3. The van der Waals surface area contributed by atoms with Gasteiger partial charge in [0.15, 0.2) is 11.5 Å². The fourth-order valence-electron chi connectivity index (χ4n) is 2.67. The highest BCUT2D eigenvalue weighted by atomic mass is 19.4. The Balaban J connectivity index is 0.000000287. The molecule has 32 heavy (non-hydrogen) atoms. The summed E-state index contributed by atoms with van der Waals surface area (Å²) in [6.07, 6.45) is -4.60. The van der Waals surface area contributed by atoms with Crippen molar-refractivity contribution in [2.24, 2.45) is 0 Å². The molecule has 0 aliphatic heterocycles. The summed E-state index contributed by atoms with van der Waals surface area (Å²) in [5, 5.41) is 0. The summed E-state index contributed by atoms with van der Waals surface area (Å²) in [5.41, 5.74) is 4.86. The van der Waals surface area contributed by atoms with Gasteiger partial charge in [-0.2, -0.15) is 0 Å². The van der Waals surface area contributed by atoms with Gasteiger partial charge in [-0.15, -0.1) is 13.2 Å². The highest BCUT2D eigenvalue weighted by Crippen LogP contribution is 2.24.